The van der Waals surface area contributed by atoms with Crippen molar-refractivity contribution in [1.82, 2.24) is 0 Å². The first kappa shape index (κ1) is 18.1. The molecule has 0 fully saturated rings. The van der Waals surface area contributed by atoms with E-state index in [2.05, 4.69) is 17.6 Å². The lowest BCUT2D eigenvalue weighted by molar-refractivity contribution is -0.115. The van der Waals surface area contributed by atoms with Crippen LogP contribution in [0.25, 0.3) is 0 Å². The minimum Gasteiger partial charge on any atom is -0.325 e. The van der Waals surface area contributed by atoms with Gasteiger partial charge in [-0.2, -0.15) is 0 Å². The van der Waals surface area contributed by atoms with Crippen LogP contribution < -0.4 is 10.6 Å². The smallest absolute Gasteiger partial charge is 0.237 e. The van der Waals surface area contributed by atoms with Crippen molar-refractivity contribution in [3.63, 3.8) is 0 Å². The number of hydrogen-bond acceptors (Lipinski definition) is 3. The molecule has 126 valence electrons. The maximum atomic E-state index is 12.2. The largest absolute Gasteiger partial charge is 0.325 e. The first-order valence-corrected chi connectivity index (χ1v) is 8.99. The normalized spacial score (nSPS) is 11.6. The number of carbonyl (C=O) groups excluding carboxylic acids is 2. The minimum absolute atomic E-state index is 0.100. The number of amides is 2. The van der Waals surface area contributed by atoms with E-state index in [0.29, 0.717) is 0 Å². The summed E-state index contributed by atoms with van der Waals surface area (Å²) in [5.41, 5.74) is 2.77. The third-order valence-electron chi connectivity index (χ3n) is 3.52. The van der Waals surface area contributed by atoms with Crippen LogP contribution >= 0.6 is 11.8 Å². The molecule has 0 saturated heterocycles. The van der Waals surface area contributed by atoms with Crippen LogP contribution in [-0.2, 0) is 16.0 Å². The molecule has 24 heavy (non-hydrogen) atoms. The number of rotatable bonds is 7. The van der Waals surface area contributed by atoms with Gasteiger partial charge in [-0.15, -0.1) is 11.8 Å². The van der Waals surface area contributed by atoms with Gasteiger partial charge in [0.2, 0.25) is 11.8 Å². The quantitative estimate of drug-likeness (QED) is 0.801. The van der Waals surface area contributed by atoms with E-state index < -0.39 is 0 Å². The number of thioether (sulfide) groups is 1. The third kappa shape index (κ3) is 5.74. The fourth-order valence-electron chi connectivity index (χ4n) is 2.06. The molecule has 5 heteroatoms. The maximum absolute atomic E-state index is 12.2. The van der Waals surface area contributed by atoms with Gasteiger partial charge in [0.1, 0.15) is 0 Å². The van der Waals surface area contributed by atoms with Gasteiger partial charge in [-0.25, -0.2) is 0 Å². The Labute approximate surface area is 147 Å². The van der Waals surface area contributed by atoms with Gasteiger partial charge in [-0.05, 0) is 43.2 Å². The average molecular weight is 342 g/mol. The lowest BCUT2D eigenvalue weighted by Gasteiger charge is -2.12. The Balaban J connectivity index is 1.77. The molecule has 2 rings (SSSR count). The topological polar surface area (TPSA) is 58.2 Å². The van der Waals surface area contributed by atoms with Crippen molar-refractivity contribution in [3.8, 4) is 0 Å². The van der Waals surface area contributed by atoms with Gasteiger partial charge < -0.3 is 10.6 Å². The van der Waals surface area contributed by atoms with Crippen molar-refractivity contribution in [2.45, 2.75) is 25.5 Å². The standard InChI is InChI=1S/C19H22N2O2S/c1-3-15-9-11-17(12-10-15)21-19(23)14(2)24-13-18(22)20-16-7-5-4-6-8-16/h4-12,14H,3,13H2,1-2H3,(H,20,22)(H,21,23)/t14-/m1/s1. The molecule has 2 N–H and O–H groups in total. The van der Waals surface area contributed by atoms with E-state index in [1.165, 1.54) is 17.3 Å². The Morgan fingerprint density at radius 3 is 2.21 bits per heavy atom. The molecule has 4 nitrogen and oxygen atoms in total. The molecular weight excluding hydrogens is 320 g/mol. The number of nitrogens with one attached hydrogen (secondary N) is 2. The summed E-state index contributed by atoms with van der Waals surface area (Å²) in [7, 11) is 0. The summed E-state index contributed by atoms with van der Waals surface area (Å²) < 4.78 is 0. The van der Waals surface area contributed by atoms with E-state index >= 15 is 0 Å². The number of benzene rings is 2. The Morgan fingerprint density at radius 1 is 0.958 bits per heavy atom. The van der Waals surface area contributed by atoms with Gasteiger partial charge in [-0.3, -0.25) is 9.59 Å². The predicted molar refractivity (Wildman–Crippen MR) is 101 cm³/mol. The van der Waals surface area contributed by atoms with E-state index in [1.807, 2.05) is 54.6 Å². The van der Waals surface area contributed by atoms with E-state index in [0.717, 1.165) is 17.8 Å². The zero-order valence-electron chi connectivity index (χ0n) is 13.9. The molecule has 1 atom stereocenters. The number of para-hydroxylation sites is 1. The van der Waals surface area contributed by atoms with Crippen LogP contribution in [-0.4, -0.2) is 22.8 Å². The van der Waals surface area contributed by atoms with Crippen LogP contribution in [0.2, 0.25) is 0 Å². The molecule has 2 aromatic carbocycles. The molecule has 0 bridgehead atoms. The molecule has 2 aromatic rings. The van der Waals surface area contributed by atoms with Crippen LogP contribution in [0.4, 0.5) is 11.4 Å². The fourth-order valence-corrected chi connectivity index (χ4v) is 2.75. The Hall–Kier alpha value is -2.27. The Kier molecular flexibility index (Phi) is 6.88. The van der Waals surface area contributed by atoms with Crippen molar-refractivity contribution in [1.29, 1.82) is 0 Å². The lowest BCUT2D eigenvalue weighted by atomic mass is 10.1. The van der Waals surface area contributed by atoms with Crippen molar-refractivity contribution < 1.29 is 9.59 Å². The first-order chi connectivity index (χ1) is 11.6. The Bertz CT molecular complexity index is 672. The highest BCUT2D eigenvalue weighted by atomic mass is 32.2. The van der Waals surface area contributed by atoms with Crippen molar-refractivity contribution in [3.05, 3.63) is 60.2 Å². The van der Waals surface area contributed by atoms with Gasteiger partial charge in [0.25, 0.3) is 0 Å². The highest BCUT2D eigenvalue weighted by molar-refractivity contribution is 8.01. The zero-order chi connectivity index (χ0) is 17.4. The third-order valence-corrected chi connectivity index (χ3v) is 4.66. The molecule has 0 aliphatic heterocycles. The summed E-state index contributed by atoms with van der Waals surface area (Å²) in [5.74, 6) is 0.0213. The summed E-state index contributed by atoms with van der Waals surface area (Å²) in [5, 5.41) is 5.37. The highest BCUT2D eigenvalue weighted by Gasteiger charge is 2.15. The monoisotopic (exact) mass is 342 g/mol. The highest BCUT2D eigenvalue weighted by Crippen LogP contribution is 2.16. The number of carbonyl (C=O) groups is 2. The minimum atomic E-state index is -0.308. The van der Waals surface area contributed by atoms with E-state index in [4.69, 9.17) is 0 Å². The van der Waals surface area contributed by atoms with Crippen LogP contribution in [0, 0.1) is 0 Å². The molecule has 0 aromatic heterocycles. The summed E-state index contributed by atoms with van der Waals surface area (Å²) in [6.45, 7) is 3.89. The van der Waals surface area contributed by atoms with E-state index in [-0.39, 0.29) is 22.8 Å². The number of aryl methyl sites for hydroxylation is 1. The molecule has 0 radical (unpaired) electrons. The van der Waals surface area contributed by atoms with Crippen LogP contribution in [0.5, 0.6) is 0 Å². The van der Waals surface area contributed by atoms with Gasteiger partial charge >= 0.3 is 0 Å². The lowest BCUT2D eigenvalue weighted by Crippen LogP contribution is -2.25. The molecule has 0 aliphatic rings. The van der Waals surface area contributed by atoms with E-state index in [9.17, 15) is 9.59 Å². The summed E-state index contributed by atoms with van der Waals surface area (Å²) >= 11 is 1.31. The molecule has 2 amide bonds. The van der Waals surface area contributed by atoms with E-state index in [1.54, 1.807) is 6.92 Å². The molecule has 0 unspecified atom stereocenters. The molecule has 0 saturated carbocycles. The molecule has 0 heterocycles. The number of hydrogen-bond donors (Lipinski definition) is 2. The van der Waals surface area contributed by atoms with Gasteiger partial charge in [0.15, 0.2) is 0 Å². The molecule has 0 aliphatic carbocycles. The second-order valence-corrected chi connectivity index (χ2v) is 6.74. The van der Waals surface area contributed by atoms with Gasteiger partial charge in [0, 0.05) is 11.4 Å². The van der Waals surface area contributed by atoms with Crippen LogP contribution in [0.15, 0.2) is 54.6 Å². The van der Waals surface area contributed by atoms with Crippen LogP contribution in [0.1, 0.15) is 19.4 Å². The van der Waals surface area contributed by atoms with Crippen molar-refractivity contribution >= 4 is 35.0 Å². The average Bonchev–Trinajstić information content (AvgIpc) is 2.61. The molecular formula is C19H22N2O2S. The SMILES string of the molecule is CCc1ccc(NC(=O)[C@@H](C)SCC(=O)Nc2ccccc2)cc1. The predicted octanol–water partition coefficient (Wildman–Crippen LogP) is 3.95. The second kappa shape index (κ2) is 9.13. The Morgan fingerprint density at radius 2 is 1.58 bits per heavy atom. The summed E-state index contributed by atoms with van der Waals surface area (Å²) in [6, 6.07) is 17.1. The first-order valence-electron chi connectivity index (χ1n) is 7.94. The van der Waals surface area contributed by atoms with Crippen LogP contribution in [0.3, 0.4) is 0 Å². The molecule has 0 spiro atoms. The van der Waals surface area contributed by atoms with Crippen molar-refractivity contribution in [2.75, 3.05) is 16.4 Å². The van der Waals surface area contributed by atoms with Gasteiger partial charge in [-0.1, -0.05) is 37.3 Å². The second-order valence-electron chi connectivity index (χ2n) is 5.41. The maximum Gasteiger partial charge on any atom is 0.237 e. The number of anilines is 2. The summed E-state index contributed by atoms with van der Waals surface area (Å²) in [6.07, 6.45) is 0.969. The fraction of sp³-hybridized carbons (Fsp3) is 0.263. The summed E-state index contributed by atoms with van der Waals surface area (Å²) in [4.78, 5) is 24.1. The van der Waals surface area contributed by atoms with Crippen molar-refractivity contribution in [2.24, 2.45) is 0 Å². The zero-order valence-corrected chi connectivity index (χ0v) is 14.7. The van der Waals surface area contributed by atoms with Gasteiger partial charge in [0.05, 0.1) is 11.0 Å².